The molecule has 0 bridgehead atoms. The Labute approximate surface area is 192 Å². The van der Waals surface area contributed by atoms with Gasteiger partial charge < -0.3 is 23.7 Å². The minimum absolute atomic E-state index is 0.0962. The van der Waals surface area contributed by atoms with Crippen molar-refractivity contribution >= 4 is 23.7 Å². The molecule has 2 aromatic rings. The van der Waals surface area contributed by atoms with E-state index in [1.807, 2.05) is 18.4 Å². The lowest BCUT2D eigenvalue weighted by molar-refractivity contribution is -0.158. The third-order valence-corrected chi connectivity index (χ3v) is 5.61. The molecule has 0 fully saturated rings. The van der Waals surface area contributed by atoms with Gasteiger partial charge in [-0.15, -0.1) is 0 Å². The van der Waals surface area contributed by atoms with Gasteiger partial charge in [0.1, 0.15) is 18.8 Å². The minimum atomic E-state index is -0.863. The summed E-state index contributed by atoms with van der Waals surface area (Å²) < 4.78 is 28.1. The molecule has 172 valence electrons. The second-order valence-corrected chi connectivity index (χ2v) is 8.84. The van der Waals surface area contributed by atoms with Crippen LogP contribution in [-0.4, -0.2) is 50.4 Å². The van der Waals surface area contributed by atoms with Crippen LogP contribution < -0.4 is 14.2 Å². The number of rotatable bonds is 10. The van der Waals surface area contributed by atoms with E-state index in [0.29, 0.717) is 35.0 Å². The van der Waals surface area contributed by atoms with E-state index in [0.717, 1.165) is 16.7 Å². The zero-order valence-electron chi connectivity index (χ0n) is 19.0. The molecule has 1 heterocycles. The highest BCUT2D eigenvalue weighted by atomic mass is 32.2. The highest BCUT2D eigenvalue weighted by molar-refractivity contribution is 7.98. The molecular weight excluding hydrogens is 432 g/mol. The molecular formula is C24H28O7S. The predicted octanol–water partition coefficient (Wildman–Crippen LogP) is 4.49. The SMILES string of the molecule is COc1ccc(-c2cccc3c2COC3=O)c(OCC(C)(C)OC(=O)CCSC)c1OC. The molecule has 1 aliphatic rings. The third-order valence-electron chi connectivity index (χ3n) is 5.00. The third kappa shape index (κ3) is 5.12. The molecule has 0 spiro atoms. The maximum atomic E-state index is 12.1. The van der Waals surface area contributed by atoms with Gasteiger partial charge in [0.15, 0.2) is 11.5 Å². The molecule has 0 saturated carbocycles. The fourth-order valence-electron chi connectivity index (χ4n) is 3.48. The Hall–Kier alpha value is -2.87. The van der Waals surface area contributed by atoms with Crippen molar-refractivity contribution in [3.8, 4) is 28.4 Å². The first-order valence-electron chi connectivity index (χ1n) is 10.2. The number of hydrogen-bond donors (Lipinski definition) is 0. The average Bonchev–Trinajstić information content (AvgIpc) is 3.16. The summed E-state index contributed by atoms with van der Waals surface area (Å²) in [7, 11) is 3.08. The van der Waals surface area contributed by atoms with E-state index >= 15 is 0 Å². The quantitative estimate of drug-likeness (QED) is 0.480. The van der Waals surface area contributed by atoms with Crippen LogP contribution in [0.25, 0.3) is 11.1 Å². The highest BCUT2D eigenvalue weighted by Crippen LogP contribution is 2.46. The molecule has 0 aromatic heterocycles. The first kappa shape index (κ1) is 23.8. The van der Waals surface area contributed by atoms with Crippen molar-refractivity contribution in [1.82, 2.24) is 0 Å². The molecule has 0 N–H and O–H groups in total. The lowest BCUT2D eigenvalue weighted by Crippen LogP contribution is -2.35. The number of hydrogen-bond acceptors (Lipinski definition) is 8. The van der Waals surface area contributed by atoms with E-state index in [2.05, 4.69) is 0 Å². The largest absolute Gasteiger partial charge is 0.493 e. The van der Waals surface area contributed by atoms with Gasteiger partial charge in [0, 0.05) is 16.9 Å². The van der Waals surface area contributed by atoms with Gasteiger partial charge in [-0.1, -0.05) is 12.1 Å². The van der Waals surface area contributed by atoms with E-state index in [4.69, 9.17) is 23.7 Å². The second kappa shape index (κ2) is 10.2. The Morgan fingerprint density at radius 3 is 2.50 bits per heavy atom. The number of cyclic esters (lactones) is 1. The Kier molecular flexibility index (Phi) is 7.56. The molecule has 7 nitrogen and oxygen atoms in total. The molecule has 2 aromatic carbocycles. The Bertz CT molecular complexity index is 1000. The number of fused-ring (bicyclic) bond motifs is 1. The van der Waals surface area contributed by atoms with Crippen molar-refractivity contribution in [2.75, 3.05) is 32.8 Å². The molecule has 0 unspecified atom stereocenters. The zero-order chi connectivity index (χ0) is 23.3. The van der Waals surface area contributed by atoms with E-state index in [-0.39, 0.29) is 25.2 Å². The van der Waals surface area contributed by atoms with Crippen LogP contribution >= 0.6 is 11.8 Å². The average molecular weight is 461 g/mol. The van der Waals surface area contributed by atoms with Gasteiger partial charge in [0.2, 0.25) is 5.75 Å². The van der Waals surface area contributed by atoms with Gasteiger partial charge in [-0.05, 0) is 43.9 Å². The standard InChI is InChI=1S/C24H28O7S/c1-24(2,31-20(25)11-12-32-5)14-30-21-16(9-10-19(27-3)22(21)28-4)15-7-6-8-17-18(15)13-29-23(17)26/h6-10H,11-14H2,1-5H3. The van der Waals surface area contributed by atoms with Gasteiger partial charge in [-0.2, -0.15) is 11.8 Å². The Balaban J connectivity index is 1.96. The van der Waals surface area contributed by atoms with Gasteiger partial charge in [-0.25, -0.2) is 4.79 Å². The van der Waals surface area contributed by atoms with Crippen molar-refractivity contribution in [2.24, 2.45) is 0 Å². The smallest absolute Gasteiger partial charge is 0.338 e. The number of carbonyl (C=O) groups excluding carboxylic acids is 2. The summed E-state index contributed by atoms with van der Waals surface area (Å²) >= 11 is 1.59. The van der Waals surface area contributed by atoms with Crippen molar-refractivity contribution in [3.05, 3.63) is 41.5 Å². The van der Waals surface area contributed by atoms with Crippen LogP contribution in [0.5, 0.6) is 17.2 Å². The maximum Gasteiger partial charge on any atom is 0.338 e. The molecule has 32 heavy (non-hydrogen) atoms. The summed E-state index contributed by atoms with van der Waals surface area (Å²) in [4.78, 5) is 24.2. The van der Waals surface area contributed by atoms with Crippen molar-refractivity contribution in [3.63, 3.8) is 0 Å². The first-order chi connectivity index (χ1) is 15.3. The molecule has 0 atom stereocenters. The second-order valence-electron chi connectivity index (χ2n) is 7.85. The number of thioether (sulfide) groups is 1. The predicted molar refractivity (Wildman–Crippen MR) is 123 cm³/mol. The monoisotopic (exact) mass is 460 g/mol. The van der Waals surface area contributed by atoms with Crippen LogP contribution in [0, 0.1) is 0 Å². The molecule has 0 aliphatic carbocycles. The van der Waals surface area contributed by atoms with Crippen molar-refractivity contribution < 1.29 is 33.3 Å². The van der Waals surface area contributed by atoms with Gasteiger partial charge >= 0.3 is 11.9 Å². The fourth-order valence-corrected chi connectivity index (χ4v) is 3.85. The van der Waals surface area contributed by atoms with Crippen LogP contribution in [0.3, 0.4) is 0 Å². The molecule has 0 amide bonds. The van der Waals surface area contributed by atoms with Crippen molar-refractivity contribution in [2.45, 2.75) is 32.5 Å². The molecule has 1 aliphatic heterocycles. The number of carbonyl (C=O) groups is 2. The summed E-state index contributed by atoms with van der Waals surface area (Å²) in [5, 5.41) is 0. The van der Waals surface area contributed by atoms with Crippen LogP contribution in [0.4, 0.5) is 0 Å². The minimum Gasteiger partial charge on any atom is -0.493 e. The number of benzene rings is 2. The zero-order valence-corrected chi connectivity index (χ0v) is 19.8. The topological polar surface area (TPSA) is 80.3 Å². The fraction of sp³-hybridized carbons (Fsp3) is 0.417. The first-order valence-corrected chi connectivity index (χ1v) is 11.6. The maximum absolute atomic E-state index is 12.1. The van der Waals surface area contributed by atoms with Gasteiger partial charge in [0.25, 0.3) is 0 Å². The van der Waals surface area contributed by atoms with E-state index < -0.39 is 5.60 Å². The number of esters is 2. The van der Waals surface area contributed by atoms with Crippen LogP contribution in [0.2, 0.25) is 0 Å². The Morgan fingerprint density at radius 2 is 1.81 bits per heavy atom. The van der Waals surface area contributed by atoms with Gasteiger partial charge in [-0.3, -0.25) is 4.79 Å². The van der Waals surface area contributed by atoms with Gasteiger partial charge in [0.05, 0.1) is 26.2 Å². The lowest BCUT2D eigenvalue weighted by atomic mass is 9.95. The summed E-state index contributed by atoms with van der Waals surface area (Å²) in [6.07, 6.45) is 2.28. The molecule has 0 saturated heterocycles. The summed E-state index contributed by atoms with van der Waals surface area (Å²) in [5.74, 6) is 1.43. The number of ether oxygens (including phenoxy) is 5. The van der Waals surface area contributed by atoms with Crippen LogP contribution in [0.1, 0.15) is 36.2 Å². The van der Waals surface area contributed by atoms with E-state index in [1.165, 1.54) is 7.11 Å². The van der Waals surface area contributed by atoms with Crippen LogP contribution in [0.15, 0.2) is 30.3 Å². The molecule has 0 radical (unpaired) electrons. The van der Waals surface area contributed by atoms with E-state index in [9.17, 15) is 9.59 Å². The van der Waals surface area contributed by atoms with Crippen LogP contribution in [-0.2, 0) is 20.9 Å². The Morgan fingerprint density at radius 1 is 1.06 bits per heavy atom. The summed E-state index contributed by atoms with van der Waals surface area (Å²) in [6.45, 7) is 3.88. The summed E-state index contributed by atoms with van der Waals surface area (Å²) in [6, 6.07) is 9.09. The van der Waals surface area contributed by atoms with E-state index in [1.54, 1.807) is 50.9 Å². The van der Waals surface area contributed by atoms with Crippen molar-refractivity contribution in [1.29, 1.82) is 0 Å². The molecule has 3 rings (SSSR count). The normalized spacial score (nSPS) is 12.7. The lowest BCUT2D eigenvalue weighted by Gasteiger charge is -2.27. The molecule has 8 heteroatoms. The summed E-state index contributed by atoms with van der Waals surface area (Å²) in [5.41, 5.74) is 1.99. The highest BCUT2D eigenvalue weighted by Gasteiger charge is 2.29. The number of methoxy groups -OCH3 is 2.